The molecule has 2 amide bonds. The van der Waals surface area contributed by atoms with E-state index >= 15 is 0 Å². The SMILES string of the molecule is CCCCN(C(=O)O)C(C)c1ccc2c(c1)C(c1ccccc1F)=NCC(=O)N2CC. The minimum atomic E-state index is -0.982. The van der Waals surface area contributed by atoms with E-state index in [1.807, 2.05) is 39.0 Å². The fourth-order valence-electron chi connectivity index (χ4n) is 3.88. The zero-order valence-electron chi connectivity index (χ0n) is 18.1. The number of fused-ring (bicyclic) bond motifs is 1. The van der Waals surface area contributed by atoms with Gasteiger partial charge in [-0.2, -0.15) is 0 Å². The summed E-state index contributed by atoms with van der Waals surface area (Å²) in [6, 6.07) is 11.4. The van der Waals surface area contributed by atoms with E-state index in [0.717, 1.165) is 18.4 Å². The van der Waals surface area contributed by atoms with Crippen molar-refractivity contribution in [1.29, 1.82) is 0 Å². The van der Waals surface area contributed by atoms with E-state index in [0.29, 0.717) is 35.6 Å². The average molecular weight is 426 g/mol. The first-order valence-electron chi connectivity index (χ1n) is 10.6. The van der Waals surface area contributed by atoms with E-state index in [1.54, 1.807) is 23.1 Å². The highest BCUT2D eigenvalue weighted by Crippen LogP contribution is 2.32. The van der Waals surface area contributed by atoms with Crippen LogP contribution in [0.2, 0.25) is 0 Å². The fraction of sp³-hybridized carbons (Fsp3) is 0.375. The second-order valence-electron chi connectivity index (χ2n) is 7.56. The van der Waals surface area contributed by atoms with Crippen LogP contribution in [0.1, 0.15) is 56.3 Å². The molecule has 0 fully saturated rings. The summed E-state index contributed by atoms with van der Waals surface area (Å²) in [7, 11) is 0. The molecule has 1 N–H and O–H groups in total. The Hall–Kier alpha value is -3.22. The number of carbonyl (C=O) groups is 2. The predicted molar refractivity (Wildman–Crippen MR) is 119 cm³/mol. The number of amides is 2. The van der Waals surface area contributed by atoms with Gasteiger partial charge in [0.15, 0.2) is 0 Å². The largest absolute Gasteiger partial charge is 0.465 e. The van der Waals surface area contributed by atoms with Crippen LogP contribution in [0, 0.1) is 5.82 Å². The first kappa shape index (κ1) is 22.5. The Morgan fingerprint density at radius 1 is 1.23 bits per heavy atom. The Bertz CT molecular complexity index is 1010. The average Bonchev–Trinajstić information content (AvgIpc) is 2.89. The van der Waals surface area contributed by atoms with Gasteiger partial charge in [-0.1, -0.05) is 31.5 Å². The number of hydrogen-bond donors (Lipinski definition) is 1. The number of benzene rings is 2. The van der Waals surface area contributed by atoms with Gasteiger partial charge >= 0.3 is 6.09 Å². The lowest BCUT2D eigenvalue weighted by atomic mass is 9.95. The fourth-order valence-corrected chi connectivity index (χ4v) is 3.88. The number of anilines is 1. The van der Waals surface area contributed by atoms with Crippen LogP contribution in [0.15, 0.2) is 47.5 Å². The Labute approximate surface area is 182 Å². The Morgan fingerprint density at radius 3 is 2.61 bits per heavy atom. The number of halogens is 1. The van der Waals surface area contributed by atoms with Gasteiger partial charge in [-0.05, 0) is 50.1 Å². The molecule has 31 heavy (non-hydrogen) atoms. The van der Waals surface area contributed by atoms with Crippen LogP contribution in [0.5, 0.6) is 0 Å². The van der Waals surface area contributed by atoms with Crippen molar-refractivity contribution in [3.05, 3.63) is 65.0 Å². The van der Waals surface area contributed by atoms with Gasteiger partial charge in [0, 0.05) is 24.2 Å². The molecule has 164 valence electrons. The van der Waals surface area contributed by atoms with E-state index in [-0.39, 0.29) is 12.5 Å². The van der Waals surface area contributed by atoms with Gasteiger partial charge in [0.1, 0.15) is 12.4 Å². The minimum Gasteiger partial charge on any atom is -0.465 e. The van der Waals surface area contributed by atoms with Gasteiger partial charge in [-0.15, -0.1) is 0 Å². The summed E-state index contributed by atoms with van der Waals surface area (Å²) in [6.45, 7) is 6.54. The van der Waals surface area contributed by atoms with Gasteiger partial charge in [0.2, 0.25) is 5.91 Å². The van der Waals surface area contributed by atoms with Crippen molar-refractivity contribution < 1.29 is 19.1 Å². The number of benzodiazepines with no additional fused rings is 1. The maximum absolute atomic E-state index is 14.6. The molecule has 6 nitrogen and oxygen atoms in total. The highest BCUT2D eigenvalue weighted by Gasteiger charge is 2.28. The van der Waals surface area contributed by atoms with Crippen molar-refractivity contribution in [2.24, 2.45) is 4.99 Å². The van der Waals surface area contributed by atoms with Crippen molar-refractivity contribution in [3.8, 4) is 0 Å². The normalized spacial score (nSPS) is 14.5. The Morgan fingerprint density at radius 2 is 1.97 bits per heavy atom. The Kier molecular flexibility index (Phi) is 7.05. The summed E-state index contributed by atoms with van der Waals surface area (Å²) in [4.78, 5) is 32.0. The first-order valence-corrected chi connectivity index (χ1v) is 10.6. The predicted octanol–water partition coefficient (Wildman–Crippen LogP) is 4.87. The molecule has 2 aromatic carbocycles. The monoisotopic (exact) mass is 425 g/mol. The van der Waals surface area contributed by atoms with Crippen LogP contribution in [0.4, 0.5) is 14.9 Å². The number of unbranched alkanes of at least 4 members (excludes halogenated alkanes) is 1. The number of likely N-dealkylation sites (N-methyl/N-ethyl adjacent to an activating group) is 1. The number of aliphatic imine (C=N–C) groups is 1. The molecular formula is C24H28FN3O3. The quantitative estimate of drug-likeness (QED) is 0.688. The smallest absolute Gasteiger partial charge is 0.407 e. The molecule has 0 saturated carbocycles. The molecule has 7 heteroatoms. The van der Waals surface area contributed by atoms with Crippen molar-refractivity contribution in [3.63, 3.8) is 0 Å². The zero-order valence-corrected chi connectivity index (χ0v) is 18.1. The summed E-state index contributed by atoms with van der Waals surface area (Å²) < 4.78 is 14.6. The van der Waals surface area contributed by atoms with Gasteiger partial charge in [0.05, 0.1) is 17.4 Å². The van der Waals surface area contributed by atoms with E-state index in [4.69, 9.17) is 0 Å². The second kappa shape index (κ2) is 9.73. The highest BCUT2D eigenvalue weighted by atomic mass is 19.1. The first-order chi connectivity index (χ1) is 14.9. The van der Waals surface area contributed by atoms with Crippen molar-refractivity contribution in [2.45, 2.75) is 39.7 Å². The minimum absolute atomic E-state index is 0.0746. The van der Waals surface area contributed by atoms with Crippen LogP contribution in [-0.2, 0) is 4.79 Å². The highest BCUT2D eigenvalue weighted by molar-refractivity contribution is 6.19. The molecule has 0 spiro atoms. The molecule has 2 aromatic rings. The number of carboxylic acid groups (broad SMARTS) is 1. The lowest BCUT2D eigenvalue weighted by Crippen LogP contribution is -2.34. The Balaban J connectivity index is 2.14. The van der Waals surface area contributed by atoms with Crippen LogP contribution < -0.4 is 4.90 Å². The standard InChI is InChI=1S/C24H28FN3O3/c1-4-6-13-28(24(30)31)16(3)17-11-12-21-19(14-17)23(18-9-7-8-10-20(18)25)26-15-22(29)27(21)5-2/h7-12,14,16H,4-6,13,15H2,1-3H3,(H,30,31). The lowest BCUT2D eigenvalue weighted by Gasteiger charge is -2.28. The lowest BCUT2D eigenvalue weighted by molar-refractivity contribution is -0.117. The summed E-state index contributed by atoms with van der Waals surface area (Å²) in [5, 5.41) is 9.70. The molecular weight excluding hydrogens is 397 g/mol. The van der Waals surface area contributed by atoms with Crippen LogP contribution >= 0.6 is 0 Å². The van der Waals surface area contributed by atoms with E-state index in [2.05, 4.69) is 4.99 Å². The molecule has 1 heterocycles. The van der Waals surface area contributed by atoms with Gasteiger partial charge < -0.3 is 14.9 Å². The summed E-state index contributed by atoms with van der Waals surface area (Å²) in [5.74, 6) is -0.579. The van der Waals surface area contributed by atoms with Crippen molar-refractivity contribution in [1.82, 2.24) is 4.90 Å². The maximum Gasteiger partial charge on any atom is 0.407 e. The molecule has 1 atom stereocenters. The number of hydrogen-bond acceptors (Lipinski definition) is 3. The molecule has 0 aliphatic carbocycles. The molecule has 0 bridgehead atoms. The summed E-state index contributed by atoms with van der Waals surface area (Å²) in [6.07, 6.45) is 0.671. The van der Waals surface area contributed by atoms with E-state index in [9.17, 15) is 19.1 Å². The molecule has 1 aliphatic rings. The van der Waals surface area contributed by atoms with E-state index < -0.39 is 18.0 Å². The van der Waals surface area contributed by atoms with Crippen molar-refractivity contribution >= 4 is 23.4 Å². The van der Waals surface area contributed by atoms with Gasteiger partial charge in [-0.3, -0.25) is 9.79 Å². The molecule has 1 aliphatic heterocycles. The number of rotatable bonds is 7. The van der Waals surface area contributed by atoms with Crippen LogP contribution in [0.25, 0.3) is 0 Å². The topological polar surface area (TPSA) is 73.2 Å². The molecule has 1 unspecified atom stereocenters. The maximum atomic E-state index is 14.6. The van der Waals surface area contributed by atoms with Gasteiger partial charge in [0.25, 0.3) is 0 Å². The summed E-state index contributed by atoms with van der Waals surface area (Å²) >= 11 is 0. The number of nitrogens with zero attached hydrogens (tertiary/aromatic N) is 3. The zero-order chi connectivity index (χ0) is 22.5. The molecule has 3 rings (SSSR count). The van der Waals surface area contributed by atoms with Crippen LogP contribution in [0.3, 0.4) is 0 Å². The van der Waals surface area contributed by atoms with E-state index in [1.165, 1.54) is 11.0 Å². The third kappa shape index (κ3) is 4.60. The van der Waals surface area contributed by atoms with Gasteiger partial charge in [-0.25, -0.2) is 9.18 Å². The summed E-state index contributed by atoms with van der Waals surface area (Å²) in [5.41, 5.74) is 2.77. The molecule has 0 radical (unpaired) electrons. The molecule has 0 saturated heterocycles. The number of carbonyl (C=O) groups excluding carboxylic acids is 1. The third-order valence-electron chi connectivity index (χ3n) is 5.63. The van der Waals surface area contributed by atoms with Crippen molar-refractivity contribution in [2.75, 3.05) is 24.5 Å². The third-order valence-corrected chi connectivity index (χ3v) is 5.63. The second-order valence-corrected chi connectivity index (χ2v) is 7.56. The van der Waals surface area contributed by atoms with Crippen LogP contribution in [-0.4, -0.2) is 47.4 Å². The molecule has 0 aromatic heterocycles.